The van der Waals surface area contributed by atoms with Crippen LogP contribution >= 0.6 is 0 Å². The third kappa shape index (κ3) is 1.27. The van der Waals surface area contributed by atoms with Gasteiger partial charge in [0.1, 0.15) is 0 Å². The lowest BCUT2D eigenvalue weighted by atomic mass is 10.0. The van der Waals surface area contributed by atoms with E-state index in [1.807, 2.05) is 0 Å². The van der Waals surface area contributed by atoms with E-state index in [9.17, 15) is 4.79 Å². The standard InChI is InChI=1S/C4H6B2N2O/c5-4(9)8-1-3(2-8)7-6/h3,7H,1-2H2. The van der Waals surface area contributed by atoms with Crippen molar-refractivity contribution in [1.82, 2.24) is 10.1 Å². The average Bonchev–Trinajstić information content (AvgIpc) is 1.61. The van der Waals surface area contributed by atoms with Crippen molar-refractivity contribution in [3.8, 4) is 0 Å². The van der Waals surface area contributed by atoms with Crippen molar-refractivity contribution in [3.05, 3.63) is 0 Å². The molecule has 0 saturated carbocycles. The summed E-state index contributed by atoms with van der Waals surface area (Å²) in [6.45, 7) is 1.26. The average molecular weight is 120 g/mol. The number of carbonyl (C=O) groups excluding carboxylic acids is 1. The van der Waals surface area contributed by atoms with Crippen molar-refractivity contribution in [3.63, 3.8) is 0 Å². The smallest absolute Gasteiger partial charge is 0.200 e. The fraction of sp³-hybridized carbons (Fsp3) is 0.750. The molecule has 1 heterocycles. The Hall–Kier alpha value is -0.440. The van der Waals surface area contributed by atoms with Gasteiger partial charge in [-0.25, -0.2) is 0 Å². The molecule has 0 atom stereocenters. The van der Waals surface area contributed by atoms with Crippen LogP contribution < -0.4 is 5.23 Å². The van der Waals surface area contributed by atoms with Crippen molar-refractivity contribution in [2.75, 3.05) is 13.1 Å². The first kappa shape index (κ1) is 6.68. The lowest BCUT2D eigenvalue weighted by molar-refractivity contribution is 0.168. The second-order valence-electron chi connectivity index (χ2n) is 2.11. The predicted molar refractivity (Wildman–Crippen MR) is 35.4 cm³/mol. The monoisotopic (exact) mass is 120 g/mol. The van der Waals surface area contributed by atoms with Crippen molar-refractivity contribution >= 4 is 21.6 Å². The van der Waals surface area contributed by atoms with E-state index >= 15 is 0 Å². The quantitative estimate of drug-likeness (QED) is 0.433. The molecule has 0 aliphatic carbocycles. The van der Waals surface area contributed by atoms with Crippen molar-refractivity contribution < 1.29 is 4.79 Å². The first-order valence-corrected chi connectivity index (χ1v) is 2.74. The molecule has 1 saturated heterocycles. The molecular weight excluding hydrogens is 114 g/mol. The van der Waals surface area contributed by atoms with Gasteiger partial charge in [-0.1, -0.05) is 0 Å². The van der Waals surface area contributed by atoms with Gasteiger partial charge in [-0.05, 0) is 0 Å². The first-order valence-electron chi connectivity index (χ1n) is 2.74. The molecule has 1 fully saturated rings. The SMILES string of the molecule is [B]NC1CN(C([B])=O)C1. The van der Waals surface area contributed by atoms with Crippen LogP contribution in [-0.4, -0.2) is 45.7 Å². The maximum Gasteiger partial charge on any atom is 0.200 e. The van der Waals surface area contributed by atoms with E-state index in [4.69, 9.17) is 15.8 Å². The van der Waals surface area contributed by atoms with E-state index in [1.54, 1.807) is 0 Å². The van der Waals surface area contributed by atoms with Crippen LogP contribution in [0.2, 0.25) is 0 Å². The summed E-state index contributed by atoms with van der Waals surface area (Å²) in [5.41, 5.74) is 0. The highest BCUT2D eigenvalue weighted by Gasteiger charge is 2.25. The molecule has 0 aromatic heterocycles. The summed E-state index contributed by atoms with van der Waals surface area (Å²) < 4.78 is 0. The minimum absolute atomic E-state index is 0.234. The van der Waals surface area contributed by atoms with E-state index in [0.717, 1.165) is 0 Å². The third-order valence-electron chi connectivity index (χ3n) is 1.43. The number of hydrogen-bond acceptors (Lipinski definition) is 2. The fourth-order valence-electron chi connectivity index (χ4n) is 0.764. The Morgan fingerprint density at radius 1 is 1.67 bits per heavy atom. The Bertz CT molecular complexity index is 124. The highest BCUT2D eigenvalue weighted by molar-refractivity contribution is 6.57. The van der Waals surface area contributed by atoms with Crippen LogP contribution in [0, 0.1) is 0 Å². The molecule has 9 heavy (non-hydrogen) atoms. The van der Waals surface area contributed by atoms with Crippen LogP contribution in [-0.2, 0) is 0 Å². The third-order valence-corrected chi connectivity index (χ3v) is 1.43. The topological polar surface area (TPSA) is 32.3 Å². The molecule has 3 nitrogen and oxygen atoms in total. The minimum atomic E-state index is -0.374. The van der Waals surface area contributed by atoms with Crippen LogP contribution in [0.1, 0.15) is 0 Å². The fourth-order valence-corrected chi connectivity index (χ4v) is 0.764. The Balaban J connectivity index is 2.19. The summed E-state index contributed by atoms with van der Waals surface area (Å²) in [4.78, 5) is 11.8. The van der Waals surface area contributed by atoms with E-state index in [1.165, 1.54) is 4.90 Å². The van der Waals surface area contributed by atoms with Gasteiger partial charge in [0.05, 0.1) is 0 Å². The first-order chi connectivity index (χ1) is 4.24. The number of nitrogens with one attached hydrogen (secondary N) is 1. The molecule has 1 aliphatic heterocycles. The van der Waals surface area contributed by atoms with Gasteiger partial charge in [0, 0.05) is 19.1 Å². The van der Waals surface area contributed by atoms with Gasteiger partial charge >= 0.3 is 0 Å². The lowest BCUT2D eigenvalue weighted by Crippen LogP contribution is -2.59. The van der Waals surface area contributed by atoms with Crippen molar-refractivity contribution in [1.29, 1.82) is 0 Å². The number of carbonyl (C=O) groups is 1. The molecular formula is C4H6B2N2O. The molecule has 1 amide bonds. The van der Waals surface area contributed by atoms with Gasteiger partial charge < -0.3 is 10.1 Å². The molecule has 0 aromatic carbocycles. The molecule has 0 bridgehead atoms. The zero-order valence-corrected chi connectivity index (χ0v) is 5.00. The zero-order chi connectivity index (χ0) is 6.85. The molecule has 1 rings (SSSR count). The summed E-state index contributed by atoms with van der Waals surface area (Å²) in [6.07, 6.45) is 0. The van der Waals surface area contributed by atoms with E-state index in [-0.39, 0.29) is 11.8 Å². The molecule has 0 aromatic rings. The Morgan fingerprint density at radius 3 is 2.56 bits per heavy atom. The number of rotatable bonds is 1. The van der Waals surface area contributed by atoms with Crippen LogP contribution in [0.5, 0.6) is 0 Å². The highest BCUT2D eigenvalue weighted by atomic mass is 16.2. The molecule has 44 valence electrons. The second-order valence-corrected chi connectivity index (χ2v) is 2.11. The molecule has 0 unspecified atom stereocenters. The van der Waals surface area contributed by atoms with E-state index in [2.05, 4.69) is 5.23 Å². The van der Waals surface area contributed by atoms with Crippen LogP contribution in [0.25, 0.3) is 0 Å². The summed E-state index contributed by atoms with van der Waals surface area (Å²) in [5.74, 6) is -0.374. The predicted octanol–water partition coefficient (Wildman–Crippen LogP) is -1.37. The molecule has 5 heteroatoms. The Morgan fingerprint density at radius 2 is 2.22 bits per heavy atom. The summed E-state index contributed by atoms with van der Waals surface area (Å²) in [6, 6.07) is 0.234. The molecule has 1 aliphatic rings. The van der Waals surface area contributed by atoms with Gasteiger partial charge in [0.15, 0.2) is 13.8 Å². The number of amides is 1. The largest absolute Gasteiger partial charge is 0.361 e. The highest BCUT2D eigenvalue weighted by Crippen LogP contribution is 2.05. The van der Waals surface area contributed by atoms with Crippen LogP contribution in [0.4, 0.5) is 4.79 Å². The van der Waals surface area contributed by atoms with Crippen LogP contribution in [0.3, 0.4) is 0 Å². The molecule has 1 N–H and O–H groups in total. The lowest BCUT2D eigenvalue weighted by Gasteiger charge is -2.39. The van der Waals surface area contributed by atoms with Gasteiger partial charge in [0.2, 0.25) is 7.85 Å². The second kappa shape index (κ2) is 2.43. The van der Waals surface area contributed by atoms with Crippen molar-refractivity contribution in [2.45, 2.75) is 6.04 Å². The van der Waals surface area contributed by atoms with Gasteiger partial charge in [0.25, 0.3) is 0 Å². The number of nitrogens with zero attached hydrogens (tertiary/aromatic N) is 1. The minimum Gasteiger partial charge on any atom is -0.361 e. The summed E-state index contributed by atoms with van der Waals surface area (Å²) in [5, 5.41) is 2.54. The Kier molecular flexibility index (Phi) is 1.81. The molecule has 0 spiro atoms. The number of hydrogen-bond donors (Lipinski definition) is 1. The van der Waals surface area contributed by atoms with Gasteiger partial charge in [-0.2, -0.15) is 0 Å². The van der Waals surface area contributed by atoms with E-state index in [0.29, 0.717) is 13.1 Å². The summed E-state index contributed by atoms with van der Waals surface area (Å²) >= 11 is 0. The van der Waals surface area contributed by atoms with Crippen molar-refractivity contribution in [2.24, 2.45) is 0 Å². The van der Waals surface area contributed by atoms with Crippen LogP contribution in [0.15, 0.2) is 0 Å². The van der Waals surface area contributed by atoms with E-state index < -0.39 is 0 Å². The molecule has 4 radical (unpaired) electrons. The van der Waals surface area contributed by atoms with Gasteiger partial charge in [-0.15, -0.1) is 0 Å². The van der Waals surface area contributed by atoms with Gasteiger partial charge in [-0.3, -0.25) is 4.79 Å². The maximum absolute atomic E-state index is 10.3. The Labute approximate surface area is 56.6 Å². The normalized spacial score (nSPS) is 19.3. The zero-order valence-electron chi connectivity index (χ0n) is 5.00. The number of likely N-dealkylation sites (tertiary alicyclic amines) is 1. The maximum atomic E-state index is 10.3. The summed E-state index contributed by atoms with van der Waals surface area (Å²) in [7, 11) is 10.0.